The molecule has 1 nitrogen and oxygen atoms in total. The number of unbranched alkanes of at least 4 members (excludes halogenated alkanes) is 2. The van der Waals surface area contributed by atoms with Crippen LogP contribution in [0, 0.1) is 5.92 Å². The summed E-state index contributed by atoms with van der Waals surface area (Å²) in [6.45, 7) is 15.1. The van der Waals surface area contributed by atoms with Gasteiger partial charge in [0.15, 0.2) is 0 Å². The number of hydrogen-bond donors (Lipinski definition) is 1. The highest BCUT2D eigenvalue weighted by atomic mass is 14.8. The maximum absolute atomic E-state index is 3.52. The van der Waals surface area contributed by atoms with Gasteiger partial charge in [0.1, 0.15) is 0 Å². The fourth-order valence-corrected chi connectivity index (χ4v) is 1.85. The molecule has 0 radical (unpaired) electrons. The standard InChI is InChI=1S/C15H29N.C2H6/c1-5-8-9-12-16-13-11-14(4)15(7-3)10-6-2;1-2/h6-7,10,14,16H,5,8-9,11-13H2,1-4H3;1-2H3/b10-6-,15-7+;. The van der Waals surface area contributed by atoms with Crippen LogP contribution in [0.15, 0.2) is 23.8 Å². The molecule has 1 atom stereocenters. The highest BCUT2D eigenvalue weighted by Crippen LogP contribution is 2.15. The second-order valence-corrected chi connectivity index (χ2v) is 4.44. The van der Waals surface area contributed by atoms with Gasteiger partial charge in [-0.2, -0.15) is 0 Å². The first-order chi connectivity index (χ1) is 8.76. The molecule has 0 saturated carbocycles. The second-order valence-electron chi connectivity index (χ2n) is 4.44. The molecule has 1 unspecified atom stereocenters. The third-order valence-electron chi connectivity index (χ3n) is 2.97. The van der Waals surface area contributed by atoms with Gasteiger partial charge in [0.05, 0.1) is 0 Å². The molecule has 0 heterocycles. The zero-order valence-electron chi connectivity index (χ0n) is 13.6. The Kier molecular flexibility index (Phi) is 18.1. The van der Waals surface area contributed by atoms with E-state index in [1.807, 2.05) is 13.8 Å². The molecule has 0 aliphatic heterocycles. The number of nitrogens with one attached hydrogen (secondary N) is 1. The quantitative estimate of drug-likeness (QED) is 0.432. The molecule has 108 valence electrons. The van der Waals surface area contributed by atoms with Crippen LogP contribution in [0.5, 0.6) is 0 Å². The molecule has 0 fully saturated rings. The molecule has 0 aromatic heterocycles. The Balaban J connectivity index is 0. The molecule has 0 saturated heterocycles. The van der Waals surface area contributed by atoms with Gasteiger partial charge in [0.25, 0.3) is 0 Å². The first-order valence-corrected chi connectivity index (χ1v) is 7.75. The van der Waals surface area contributed by atoms with Crippen molar-refractivity contribution >= 4 is 0 Å². The minimum Gasteiger partial charge on any atom is -0.317 e. The summed E-state index contributed by atoms with van der Waals surface area (Å²) >= 11 is 0. The monoisotopic (exact) mass is 253 g/mol. The zero-order valence-corrected chi connectivity index (χ0v) is 13.6. The topological polar surface area (TPSA) is 12.0 Å². The SMILES string of the molecule is C/C=C\C(=C/C)C(C)CCNCCCCC.CC. The molecule has 1 heteroatoms. The van der Waals surface area contributed by atoms with E-state index in [9.17, 15) is 0 Å². The first-order valence-electron chi connectivity index (χ1n) is 7.75. The third-order valence-corrected chi connectivity index (χ3v) is 2.97. The van der Waals surface area contributed by atoms with Crippen molar-refractivity contribution in [1.82, 2.24) is 5.32 Å². The van der Waals surface area contributed by atoms with Crippen molar-refractivity contribution in [2.24, 2.45) is 5.92 Å². The summed E-state index contributed by atoms with van der Waals surface area (Å²) in [6.07, 6.45) is 11.8. The van der Waals surface area contributed by atoms with Gasteiger partial charge in [-0.05, 0) is 51.3 Å². The number of rotatable bonds is 9. The Morgan fingerprint density at radius 3 is 2.28 bits per heavy atom. The van der Waals surface area contributed by atoms with Crippen LogP contribution >= 0.6 is 0 Å². The molecule has 1 N–H and O–H groups in total. The van der Waals surface area contributed by atoms with Gasteiger partial charge < -0.3 is 5.32 Å². The molecule has 0 rings (SSSR count). The summed E-state index contributed by atoms with van der Waals surface area (Å²) in [7, 11) is 0. The molecule has 0 aliphatic rings. The largest absolute Gasteiger partial charge is 0.317 e. The van der Waals surface area contributed by atoms with Gasteiger partial charge in [-0.25, -0.2) is 0 Å². The maximum Gasteiger partial charge on any atom is -0.00432 e. The van der Waals surface area contributed by atoms with Gasteiger partial charge in [0, 0.05) is 0 Å². The molecule has 18 heavy (non-hydrogen) atoms. The van der Waals surface area contributed by atoms with Gasteiger partial charge >= 0.3 is 0 Å². The Morgan fingerprint density at radius 2 is 1.78 bits per heavy atom. The zero-order chi connectivity index (χ0) is 14.2. The Labute approximate surface area is 116 Å². The van der Waals surface area contributed by atoms with Crippen molar-refractivity contribution in [2.45, 2.75) is 67.2 Å². The Morgan fingerprint density at radius 1 is 1.11 bits per heavy atom. The summed E-state index contributed by atoms with van der Waals surface area (Å²) in [6, 6.07) is 0. The fraction of sp³-hybridized carbons (Fsp3) is 0.765. The van der Waals surface area contributed by atoms with Crippen molar-refractivity contribution < 1.29 is 0 Å². The minimum atomic E-state index is 0.667. The lowest BCUT2D eigenvalue weighted by Gasteiger charge is -2.13. The van der Waals surface area contributed by atoms with E-state index in [0.717, 1.165) is 6.54 Å². The molecule has 0 amide bonds. The van der Waals surface area contributed by atoms with E-state index in [2.05, 4.69) is 51.2 Å². The van der Waals surface area contributed by atoms with Crippen LogP contribution in [-0.2, 0) is 0 Å². The van der Waals surface area contributed by atoms with Gasteiger partial charge in [-0.1, -0.05) is 58.8 Å². The van der Waals surface area contributed by atoms with E-state index in [1.54, 1.807) is 0 Å². The first kappa shape index (κ1) is 19.8. The van der Waals surface area contributed by atoms with E-state index in [4.69, 9.17) is 0 Å². The van der Waals surface area contributed by atoms with Crippen LogP contribution in [-0.4, -0.2) is 13.1 Å². The molecule has 0 aromatic carbocycles. The summed E-state index contributed by atoms with van der Waals surface area (Å²) in [5.41, 5.74) is 1.46. The van der Waals surface area contributed by atoms with Crippen molar-refractivity contribution in [2.75, 3.05) is 13.1 Å². The maximum atomic E-state index is 3.52. The Hall–Kier alpha value is -0.560. The number of allylic oxidation sites excluding steroid dienone is 4. The molecule has 0 bridgehead atoms. The Bertz CT molecular complexity index is 204. The average Bonchev–Trinajstić information content (AvgIpc) is 2.42. The lowest BCUT2D eigenvalue weighted by Crippen LogP contribution is -2.19. The van der Waals surface area contributed by atoms with Gasteiger partial charge in [0.2, 0.25) is 0 Å². The fourth-order valence-electron chi connectivity index (χ4n) is 1.85. The van der Waals surface area contributed by atoms with Crippen LogP contribution in [0.25, 0.3) is 0 Å². The average molecular weight is 253 g/mol. The summed E-state index contributed by atoms with van der Waals surface area (Å²) in [5, 5.41) is 3.52. The van der Waals surface area contributed by atoms with Crippen LogP contribution in [0.3, 0.4) is 0 Å². The van der Waals surface area contributed by atoms with Gasteiger partial charge in [-0.3, -0.25) is 0 Å². The van der Waals surface area contributed by atoms with Gasteiger partial charge in [-0.15, -0.1) is 0 Å². The summed E-state index contributed by atoms with van der Waals surface area (Å²) < 4.78 is 0. The normalized spacial score (nSPS) is 13.3. The highest BCUT2D eigenvalue weighted by Gasteiger charge is 2.04. The molecular weight excluding hydrogens is 218 g/mol. The van der Waals surface area contributed by atoms with E-state index in [-0.39, 0.29) is 0 Å². The molecular formula is C17H35N. The van der Waals surface area contributed by atoms with E-state index >= 15 is 0 Å². The molecule has 0 aliphatic carbocycles. The van der Waals surface area contributed by atoms with E-state index in [0.29, 0.717) is 5.92 Å². The predicted octanol–water partition coefficient (Wildman–Crippen LogP) is 5.34. The predicted molar refractivity (Wildman–Crippen MR) is 86.1 cm³/mol. The molecule has 0 aromatic rings. The summed E-state index contributed by atoms with van der Waals surface area (Å²) in [4.78, 5) is 0. The third kappa shape index (κ3) is 11.9. The lowest BCUT2D eigenvalue weighted by molar-refractivity contribution is 0.545. The van der Waals surface area contributed by atoms with E-state index < -0.39 is 0 Å². The van der Waals surface area contributed by atoms with Crippen LogP contribution in [0.4, 0.5) is 0 Å². The van der Waals surface area contributed by atoms with Crippen molar-refractivity contribution in [1.29, 1.82) is 0 Å². The van der Waals surface area contributed by atoms with Crippen molar-refractivity contribution in [3.05, 3.63) is 23.8 Å². The van der Waals surface area contributed by atoms with Crippen molar-refractivity contribution in [3.63, 3.8) is 0 Å². The van der Waals surface area contributed by atoms with E-state index in [1.165, 1.54) is 37.8 Å². The van der Waals surface area contributed by atoms with Crippen LogP contribution in [0.1, 0.15) is 67.2 Å². The van der Waals surface area contributed by atoms with Crippen LogP contribution in [0.2, 0.25) is 0 Å². The number of hydrogen-bond acceptors (Lipinski definition) is 1. The lowest BCUT2D eigenvalue weighted by atomic mass is 9.97. The summed E-state index contributed by atoms with van der Waals surface area (Å²) in [5.74, 6) is 0.667. The van der Waals surface area contributed by atoms with Crippen molar-refractivity contribution in [3.8, 4) is 0 Å². The molecule has 0 spiro atoms. The second kappa shape index (κ2) is 16.4. The smallest absolute Gasteiger partial charge is 0.00432 e. The minimum absolute atomic E-state index is 0.667. The highest BCUT2D eigenvalue weighted by molar-refractivity contribution is 5.19. The van der Waals surface area contributed by atoms with Crippen LogP contribution < -0.4 is 5.32 Å².